The summed E-state index contributed by atoms with van der Waals surface area (Å²) < 4.78 is 0. The first kappa shape index (κ1) is 13.5. The Bertz CT molecular complexity index is 546. The fourth-order valence-corrected chi connectivity index (χ4v) is 2.10. The summed E-state index contributed by atoms with van der Waals surface area (Å²) in [6.45, 7) is 5.64. The van der Waals surface area contributed by atoms with Gasteiger partial charge in [0, 0.05) is 18.3 Å². The second kappa shape index (κ2) is 5.80. The Hall–Kier alpha value is -1.94. The molecule has 2 aromatic rings. The van der Waals surface area contributed by atoms with Gasteiger partial charge in [0.25, 0.3) is 0 Å². The van der Waals surface area contributed by atoms with Gasteiger partial charge in [-0.15, -0.1) is 0 Å². The Morgan fingerprint density at radius 2 is 1.84 bits per heavy atom. The van der Waals surface area contributed by atoms with Crippen LogP contribution in [0.2, 0.25) is 0 Å². The van der Waals surface area contributed by atoms with Crippen molar-refractivity contribution in [2.45, 2.75) is 26.9 Å². The SMILES string of the molecule is Cc1cc(N)nc(CN(C)Cc2ccccc2C)n1. The normalized spacial score (nSPS) is 10.9. The summed E-state index contributed by atoms with van der Waals surface area (Å²) in [6, 6.07) is 10.2. The number of nitrogens with two attached hydrogens (primary N) is 1. The zero-order chi connectivity index (χ0) is 13.8. The average Bonchev–Trinajstić information content (AvgIpc) is 2.30. The second-order valence-corrected chi connectivity index (χ2v) is 4.95. The molecule has 100 valence electrons. The van der Waals surface area contributed by atoms with Crippen molar-refractivity contribution in [2.24, 2.45) is 0 Å². The van der Waals surface area contributed by atoms with E-state index in [0.717, 1.165) is 18.1 Å². The van der Waals surface area contributed by atoms with Crippen LogP contribution < -0.4 is 5.73 Å². The van der Waals surface area contributed by atoms with Crippen LogP contribution in [-0.2, 0) is 13.1 Å². The molecule has 1 aromatic heterocycles. The number of hydrogen-bond acceptors (Lipinski definition) is 4. The third-order valence-electron chi connectivity index (χ3n) is 3.03. The average molecular weight is 256 g/mol. The van der Waals surface area contributed by atoms with E-state index in [2.05, 4.69) is 53.1 Å². The van der Waals surface area contributed by atoms with Gasteiger partial charge in [-0.25, -0.2) is 9.97 Å². The summed E-state index contributed by atoms with van der Waals surface area (Å²) >= 11 is 0. The highest BCUT2D eigenvalue weighted by atomic mass is 15.1. The lowest BCUT2D eigenvalue weighted by Crippen LogP contribution is -2.20. The molecule has 0 aliphatic rings. The molecule has 0 saturated carbocycles. The van der Waals surface area contributed by atoms with Crippen LogP contribution in [0.4, 0.5) is 5.82 Å². The summed E-state index contributed by atoms with van der Waals surface area (Å²) in [5.74, 6) is 1.31. The van der Waals surface area contributed by atoms with Gasteiger partial charge in [-0.3, -0.25) is 4.90 Å². The molecule has 0 saturated heterocycles. The number of benzene rings is 1. The van der Waals surface area contributed by atoms with Crippen LogP contribution in [0.5, 0.6) is 0 Å². The highest BCUT2D eigenvalue weighted by Gasteiger charge is 2.06. The summed E-state index contributed by atoms with van der Waals surface area (Å²) in [5.41, 5.74) is 9.28. The van der Waals surface area contributed by atoms with Crippen molar-refractivity contribution in [2.75, 3.05) is 12.8 Å². The van der Waals surface area contributed by atoms with Crippen LogP contribution >= 0.6 is 0 Å². The van der Waals surface area contributed by atoms with Gasteiger partial charge in [0.2, 0.25) is 0 Å². The van der Waals surface area contributed by atoms with E-state index in [1.54, 1.807) is 6.07 Å². The fraction of sp³-hybridized carbons (Fsp3) is 0.333. The second-order valence-electron chi connectivity index (χ2n) is 4.95. The number of aryl methyl sites for hydroxylation is 2. The van der Waals surface area contributed by atoms with Gasteiger partial charge in [0.15, 0.2) is 0 Å². The lowest BCUT2D eigenvalue weighted by molar-refractivity contribution is 0.310. The summed E-state index contributed by atoms with van der Waals surface area (Å²) in [6.07, 6.45) is 0. The number of rotatable bonds is 4. The smallest absolute Gasteiger partial charge is 0.144 e. The molecule has 4 heteroatoms. The Morgan fingerprint density at radius 1 is 1.11 bits per heavy atom. The van der Waals surface area contributed by atoms with E-state index in [1.807, 2.05) is 6.92 Å². The van der Waals surface area contributed by atoms with E-state index in [-0.39, 0.29) is 0 Å². The van der Waals surface area contributed by atoms with E-state index < -0.39 is 0 Å². The van der Waals surface area contributed by atoms with E-state index in [0.29, 0.717) is 12.4 Å². The number of anilines is 1. The van der Waals surface area contributed by atoms with Gasteiger partial charge in [-0.2, -0.15) is 0 Å². The largest absolute Gasteiger partial charge is 0.384 e. The maximum absolute atomic E-state index is 5.74. The standard InChI is InChI=1S/C15H20N4/c1-11-6-4-5-7-13(11)9-19(3)10-15-17-12(2)8-14(16)18-15/h4-8H,9-10H2,1-3H3,(H2,16,17,18). The van der Waals surface area contributed by atoms with Gasteiger partial charge >= 0.3 is 0 Å². The van der Waals surface area contributed by atoms with Gasteiger partial charge in [0.1, 0.15) is 11.6 Å². The summed E-state index contributed by atoms with van der Waals surface area (Å²) in [4.78, 5) is 10.9. The van der Waals surface area contributed by atoms with E-state index in [4.69, 9.17) is 5.73 Å². The monoisotopic (exact) mass is 256 g/mol. The molecule has 19 heavy (non-hydrogen) atoms. The van der Waals surface area contributed by atoms with Crippen molar-refractivity contribution < 1.29 is 0 Å². The van der Waals surface area contributed by atoms with Crippen LogP contribution in [0, 0.1) is 13.8 Å². The molecule has 2 rings (SSSR count). The molecule has 1 aromatic carbocycles. The van der Waals surface area contributed by atoms with Crippen LogP contribution in [0.1, 0.15) is 22.6 Å². The minimum absolute atomic E-state index is 0.534. The van der Waals surface area contributed by atoms with Gasteiger partial charge in [0.05, 0.1) is 6.54 Å². The van der Waals surface area contributed by atoms with E-state index >= 15 is 0 Å². The highest BCUT2D eigenvalue weighted by Crippen LogP contribution is 2.11. The van der Waals surface area contributed by atoms with Crippen molar-refractivity contribution in [3.63, 3.8) is 0 Å². The topological polar surface area (TPSA) is 55.0 Å². The minimum Gasteiger partial charge on any atom is -0.384 e. The number of hydrogen-bond donors (Lipinski definition) is 1. The number of nitrogen functional groups attached to an aromatic ring is 1. The first-order valence-corrected chi connectivity index (χ1v) is 6.37. The Morgan fingerprint density at radius 3 is 2.53 bits per heavy atom. The first-order chi connectivity index (χ1) is 9.04. The molecule has 0 aliphatic carbocycles. The third-order valence-corrected chi connectivity index (χ3v) is 3.03. The fourth-order valence-electron chi connectivity index (χ4n) is 2.10. The molecule has 0 spiro atoms. The molecular formula is C15H20N4. The van der Waals surface area contributed by atoms with Crippen LogP contribution in [0.3, 0.4) is 0 Å². The van der Waals surface area contributed by atoms with Crippen molar-refractivity contribution in [1.29, 1.82) is 0 Å². The van der Waals surface area contributed by atoms with Crippen molar-refractivity contribution in [3.8, 4) is 0 Å². The van der Waals surface area contributed by atoms with Crippen LogP contribution in [0.15, 0.2) is 30.3 Å². The molecule has 4 nitrogen and oxygen atoms in total. The molecule has 0 radical (unpaired) electrons. The summed E-state index contributed by atoms with van der Waals surface area (Å²) in [7, 11) is 2.06. The van der Waals surface area contributed by atoms with Crippen LogP contribution in [-0.4, -0.2) is 21.9 Å². The van der Waals surface area contributed by atoms with Crippen molar-refractivity contribution in [1.82, 2.24) is 14.9 Å². The zero-order valence-electron chi connectivity index (χ0n) is 11.7. The van der Waals surface area contributed by atoms with E-state index in [9.17, 15) is 0 Å². The van der Waals surface area contributed by atoms with Crippen molar-refractivity contribution in [3.05, 3.63) is 53.0 Å². The lowest BCUT2D eigenvalue weighted by atomic mass is 10.1. The van der Waals surface area contributed by atoms with Gasteiger partial charge in [-0.05, 0) is 32.0 Å². The molecule has 0 fully saturated rings. The van der Waals surface area contributed by atoms with Gasteiger partial charge < -0.3 is 5.73 Å². The summed E-state index contributed by atoms with van der Waals surface area (Å²) in [5, 5.41) is 0. The predicted molar refractivity (Wildman–Crippen MR) is 77.5 cm³/mol. The predicted octanol–water partition coefficient (Wildman–Crippen LogP) is 2.31. The quantitative estimate of drug-likeness (QED) is 0.912. The molecule has 0 unspecified atom stereocenters. The lowest BCUT2D eigenvalue weighted by Gasteiger charge is -2.17. The minimum atomic E-state index is 0.534. The van der Waals surface area contributed by atoms with Crippen LogP contribution in [0.25, 0.3) is 0 Å². The van der Waals surface area contributed by atoms with Crippen molar-refractivity contribution >= 4 is 5.82 Å². The Labute approximate surface area is 114 Å². The molecule has 1 heterocycles. The molecule has 2 N–H and O–H groups in total. The third kappa shape index (κ3) is 3.76. The van der Waals surface area contributed by atoms with E-state index in [1.165, 1.54) is 11.1 Å². The molecule has 0 aliphatic heterocycles. The molecule has 0 bridgehead atoms. The molecular weight excluding hydrogens is 236 g/mol. The maximum Gasteiger partial charge on any atom is 0.144 e. The Kier molecular flexibility index (Phi) is 4.12. The van der Waals surface area contributed by atoms with Gasteiger partial charge in [-0.1, -0.05) is 24.3 Å². The maximum atomic E-state index is 5.74. The molecule has 0 atom stereocenters. The number of nitrogens with zero attached hydrogens (tertiary/aromatic N) is 3. The zero-order valence-corrected chi connectivity index (χ0v) is 11.7. The number of aromatic nitrogens is 2. The Balaban J connectivity index is 2.05. The highest BCUT2D eigenvalue weighted by molar-refractivity contribution is 5.29. The first-order valence-electron chi connectivity index (χ1n) is 6.37. The molecule has 0 amide bonds.